The number of nitrogens with one attached hydrogen (secondary N) is 2. The first-order chi connectivity index (χ1) is 13.7. The maximum absolute atomic E-state index is 12.5. The highest BCUT2D eigenvalue weighted by atomic mass is 16.5. The van der Waals surface area contributed by atoms with Gasteiger partial charge in [0.05, 0.1) is 12.6 Å². The van der Waals surface area contributed by atoms with Crippen LogP contribution in [0.5, 0.6) is 5.75 Å². The van der Waals surface area contributed by atoms with Crippen molar-refractivity contribution >= 4 is 22.6 Å². The summed E-state index contributed by atoms with van der Waals surface area (Å²) < 4.78 is 5.20. The van der Waals surface area contributed by atoms with Crippen LogP contribution >= 0.6 is 0 Å². The summed E-state index contributed by atoms with van der Waals surface area (Å²) in [4.78, 5) is 17.2. The quantitative estimate of drug-likeness (QED) is 0.694. The summed E-state index contributed by atoms with van der Waals surface area (Å²) in [5.41, 5.74) is 1.65. The minimum atomic E-state index is -0.0356. The van der Waals surface area contributed by atoms with E-state index >= 15 is 0 Å². The van der Waals surface area contributed by atoms with Gasteiger partial charge in [-0.3, -0.25) is 4.79 Å². The van der Waals surface area contributed by atoms with E-state index < -0.39 is 0 Å². The Morgan fingerprint density at radius 1 is 0.964 bits per heavy atom. The fourth-order valence-corrected chi connectivity index (χ4v) is 3.77. The first-order valence-electron chi connectivity index (χ1n) is 9.78. The van der Waals surface area contributed by atoms with Gasteiger partial charge in [0, 0.05) is 23.0 Å². The van der Waals surface area contributed by atoms with Gasteiger partial charge in [-0.15, -0.1) is 0 Å². The molecule has 0 atom stereocenters. The molecule has 28 heavy (non-hydrogen) atoms. The third-order valence-corrected chi connectivity index (χ3v) is 5.34. The number of fused-ring (bicyclic) bond motifs is 1. The third-order valence-electron chi connectivity index (χ3n) is 5.34. The highest BCUT2D eigenvalue weighted by Crippen LogP contribution is 2.23. The van der Waals surface area contributed by atoms with Gasteiger partial charge in [0.15, 0.2) is 0 Å². The number of amides is 1. The van der Waals surface area contributed by atoms with Crippen LogP contribution in [-0.4, -0.2) is 30.1 Å². The van der Waals surface area contributed by atoms with Crippen LogP contribution in [-0.2, 0) is 0 Å². The van der Waals surface area contributed by atoms with E-state index in [4.69, 9.17) is 9.72 Å². The molecule has 144 valence electrons. The van der Waals surface area contributed by atoms with Crippen LogP contribution in [0.2, 0.25) is 0 Å². The number of aromatic nitrogens is 1. The minimum absolute atomic E-state index is 0.0356. The van der Waals surface area contributed by atoms with Crippen molar-refractivity contribution in [1.29, 1.82) is 0 Å². The Balaban J connectivity index is 1.30. The van der Waals surface area contributed by atoms with Gasteiger partial charge >= 0.3 is 0 Å². The predicted molar refractivity (Wildman–Crippen MR) is 112 cm³/mol. The molecule has 1 heterocycles. The van der Waals surface area contributed by atoms with Gasteiger partial charge in [0.2, 0.25) is 0 Å². The SMILES string of the molecule is COc1cccc(C(=O)NC2CCC(Nc3ccc4ccccc4n3)CC2)c1. The number of methoxy groups -OCH3 is 1. The van der Waals surface area contributed by atoms with E-state index in [-0.39, 0.29) is 11.9 Å². The number of para-hydroxylation sites is 1. The van der Waals surface area contributed by atoms with E-state index in [1.165, 1.54) is 0 Å². The Morgan fingerprint density at radius 3 is 2.57 bits per heavy atom. The average Bonchev–Trinajstić information content (AvgIpc) is 2.75. The molecule has 1 amide bonds. The van der Waals surface area contributed by atoms with E-state index in [0.29, 0.717) is 17.4 Å². The Morgan fingerprint density at radius 2 is 1.75 bits per heavy atom. The zero-order valence-electron chi connectivity index (χ0n) is 16.0. The van der Waals surface area contributed by atoms with Gasteiger partial charge in [-0.25, -0.2) is 4.98 Å². The number of rotatable bonds is 5. The Labute approximate surface area is 165 Å². The van der Waals surface area contributed by atoms with E-state index in [1.54, 1.807) is 13.2 Å². The third kappa shape index (κ3) is 4.25. The molecule has 4 rings (SSSR count). The normalized spacial score (nSPS) is 19.2. The second-order valence-corrected chi connectivity index (χ2v) is 7.29. The zero-order chi connectivity index (χ0) is 19.3. The topological polar surface area (TPSA) is 63.2 Å². The van der Waals surface area contributed by atoms with Crippen molar-refractivity contribution in [2.24, 2.45) is 0 Å². The average molecular weight is 375 g/mol. The molecule has 1 aliphatic rings. The smallest absolute Gasteiger partial charge is 0.251 e. The van der Waals surface area contributed by atoms with Crippen molar-refractivity contribution in [3.63, 3.8) is 0 Å². The molecule has 5 nitrogen and oxygen atoms in total. The monoisotopic (exact) mass is 375 g/mol. The molecular formula is C23H25N3O2. The van der Waals surface area contributed by atoms with Gasteiger partial charge in [-0.05, 0) is 62.1 Å². The largest absolute Gasteiger partial charge is 0.497 e. The number of benzene rings is 2. The number of ether oxygens (including phenoxy) is 1. The molecule has 0 radical (unpaired) electrons. The Bertz CT molecular complexity index is 965. The van der Waals surface area contributed by atoms with Crippen molar-refractivity contribution in [1.82, 2.24) is 10.3 Å². The number of pyridine rings is 1. The van der Waals surface area contributed by atoms with Crippen LogP contribution in [0.1, 0.15) is 36.0 Å². The fraction of sp³-hybridized carbons (Fsp3) is 0.304. The number of hydrogen-bond donors (Lipinski definition) is 2. The highest BCUT2D eigenvalue weighted by Gasteiger charge is 2.23. The van der Waals surface area contributed by atoms with Crippen molar-refractivity contribution in [3.8, 4) is 5.75 Å². The van der Waals surface area contributed by atoms with E-state index in [2.05, 4.69) is 22.8 Å². The molecule has 1 fully saturated rings. The maximum Gasteiger partial charge on any atom is 0.251 e. The summed E-state index contributed by atoms with van der Waals surface area (Å²) in [6.45, 7) is 0. The molecule has 0 spiro atoms. The summed E-state index contributed by atoms with van der Waals surface area (Å²) in [5.74, 6) is 1.58. The van der Waals surface area contributed by atoms with Crippen LogP contribution in [0, 0.1) is 0 Å². The second-order valence-electron chi connectivity index (χ2n) is 7.29. The predicted octanol–water partition coefficient (Wildman–Crippen LogP) is 4.40. The zero-order valence-corrected chi connectivity index (χ0v) is 16.0. The summed E-state index contributed by atoms with van der Waals surface area (Å²) in [6.07, 6.45) is 3.94. The number of anilines is 1. The highest BCUT2D eigenvalue weighted by molar-refractivity contribution is 5.94. The number of carbonyl (C=O) groups is 1. The summed E-state index contributed by atoms with van der Waals surface area (Å²) in [7, 11) is 1.61. The first-order valence-corrected chi connectivity index (χ1v) is 9.78. The molecular weight excluding hydrogens is 350 g/mol. The van der Waals surface area contributed by atoms with Gasteiger partial charge in [0.25, 0.3) is 5.91 Å². The molecule has 2 N–H and O–H groups in total. The van der Waals surface area contributed by atoms with E-state index in [1.807, 2.05) is 42.5 Å². The van der Waals surface area contributed by atoms with Gasteiger partial charge in [-0.1, -0.05) is 24.3 Å². The Hall–Kier alpha value is -3.08. The maximum atomic E-state index is 12.5. The van der Waals surface area contributed by atoms with E-state index in [0.717, 1.165) is 42.4 Å². The molecule has 2 aromatic carbocycles. The Kier molecular flexibility index (Phi) is 5.42. The van der Waals surface area contributed by atoms with Crippen LogP contribution in [0.3, 0.4) is 0 Å². The molecule has 5 heteroatoms. The second kappa shape index (κ2) is 8.30. The van der Waals surface area contributed by atoms with Crippen molar-refractivity contribution < 1.29 is 9.53 Å². The minimum Gasteiger partial charge on any atom is -0.497 e. The number of nitrogens with zero attached hydrogens (tertiary/aromatic N) is 1. The van der Waals surface area contributed by atoms with Gasteiger partial charge in [0.1, 0.15) is 11.6 Å². The molecule has 1 aromatic heterocycles. The molecule has 0 aliphatic heterocycles. The number of hydrogen-bond acceptors (Lipinski definition) is 4. The molecule has 0 bridgehead atoms. The summed E-state index contributed by atoms with van der Waals surface area (Å²) >= 11 is 0. The van der Waals surface area contributed by atoms with Crippen LogP contribution < -0.4 is 15.4 Å². The fourth-order valence-electron chi connectivity index (χ4n) is 3.77. The molecule has 3 aromatic rings. The first kappa shape index (κ1) is 18.3. The van der Waals surface area contributed by atoms with Gasteiger partial charge < -0.3 is 15.4 Å². The van der Waals surface area contributed by atoms with Crippen LogP contribution in [0.15, 0.2) is 60.7 Å². The lowest BCUT2D eigenvalue weighted by Crippen LogP contribution is -2.40. The lowest BCUT2D eigenvalue weighted by molar-refractivity contribution is 0.0926. The van der Waals surface area contributed by atoms with Crippen molar-refractivity contribution in [2.75, 3.05) is 12.4 Å². The van der Waals surface area contributed by atoms with Gasteiger partial charge in [-0.2, -0.15) is 0 Å². The summed E-state index contributed by atoms with van der Waals surface area (Å²) in [5, 5.41) is 7.86. The lowest BCUT2D eigenvalue weighted by atomic mass is 9.91. The molecule has 1 saturated carbocycles. The summed E-state index contributed by atoms with van der Waals surface area (Å²) in [6, 6.07) is 20.1. The van der Waals surface area contributed by atoms with Crippen molar-refractivity contribution in [2.45, 2.75) is 37.8 Å². The molecule has 0 unspecified atom stereocenters. The van der Waals surface area contributed by atoms with Crippen LogP contribution in [0.25, 0.3) is 10.9 Å². The molecule has 0 saturated heterocycles. The standard InChI is InChI=1S/C23H25N3O2/c1-28-20-7-4-6-17(15-20)23(27)25-19-12-10-18(11-13-19)24-22-14-9-16-5-2-3-8-21(16)26-22/h2-9,14-15,18-19H,10-13H2,1H3,(H,24,26)(H,25,27). The van der Waals surface area contributed by atoms with Crippen LogP contribution in [0.4, 0.5) is 5.82 Å². The van der Waals surface area contributed by atoms with E-state index in [9.17, 15) is 4.79 Å². The molecule has 1 aliphatic carbocycles. The lowest BCUT2D eigenvalue weighted by Gasteiger charge is -2.30. The van der Waals surface area contributed by atoms with Crippen molar-refractivity contribution in [3.05, 3.63) is 66.2 Å². The number of carbonyl (C=O) groups excluding carboxylic acids is 1.